The Kier molecular flexibility index (Phi) is 7.76. The second-order valence-electron chi connectivity index (χ2n) is 9.54. The van der Waals surface area contributed by atoms with E-state index in [0.29, 0.717) is 17.0 Å². The number of para-hydroxylation sites is 1. The molecule has 5 rings (SSSR count). The van der Waals surface area contributed by atoms with Crippen molar-refractivity contribution in [1.82, 2.24) is 15.0 Å². The van der Waals surface area contributed by atoms with Crippen LogP contribution in [0.25, 0.3) is 10.2 Å². The number of amides is 1. The van der Waals surface area contributed by atoms with Crippen LogP contribution in [0.5, 0.6) is 0 Å². The molecule has 1 heterocycles. The van der Waals surface area contributed by atoms with Crippen molar-refractivity contribution in [2.45, 2.75) is 42.3 Å². The van der Waals surface area contributed by atoms with Gasteiger partial charge in [0.1, 0.15) is 10.8 Å². The molecule has 1 aliphatic rings. The summed E-state index contributed by atoms with van der Waals surface area (Å²) in [5, 5.41) is 11.3. The summed E-state index contributed by atoms with van der Waals surface area (Å²) >= 11 is 1.42. The Hall–Kier alpha value is -3.64. The number of ether oxygens (including phenoxy) is 1. The first-order chi connectivity index (χ1) is 18.7. The lowest BCUT2D eigenvalue weighted by molar-refractivity contribution is 0.0176. The minimum Gasteiger partial charge on any atom is -0.384 e. The van der Waals surface area contributed by atoms with Crippen LogP contribution < -0.4 is 15.8 Å². The molecule has 1 unspecified atom stereocenters. The van der Waals surface area contributed by atoms with Crippen molar-refractivity contribution in [1.29, 1.82) is 5.41 Å². The summed E-state index contributed by atoms with van der Waals surface area (Å²) in [5.74, 6) is -0.390. The molecule has 0 aliphatic heterocycles. The fraction of sp³-hybridized carbons (Fsp3) is 0.250. The SMILES string of the molecule is COC1CC(NC(=O)c2cccc(S(=O)(=O)NC(Cc3cccc(C(=N)N)c3)c3nc4ccccc4s3)c2)C1. The standard InChI is InChI=1S/C28H29N5O4S2/c1-37-21-15-20(16-21)31-27(34)19-8-5-9-22(14-19)39(35,36)33-24(13-17-6-4-7-18(12-17)26(29)30)28-32-23-10-2-3-11-25(23)38-28/h2-12,14,20-21,24,33H,13,15-16H2,1H3,(H3,29,30)(H,31,34). The lowest BCUT2D eigenvalue weighted by atomic mass is 9.89. The van der Waals surface area contributed by atoms with Crippen LogP contribution in [0, 0.1) is 5.41 Å². The van der Waals surface area contributed by atoms with E-state index in [2.05, 4.69) is 10.0 Å². The van der Waals surface area contributed by atoms with Gasteiger partial charge in [0, 0.05) is 24.3 Å². The molecule has 1 saturated carbocycles. The molecule has 39 heavy (non-hydrogen) atoms. The third-order valence-electron chi connectivity index (χ3n) is 6.75. The second-order valence-corrected chi connectivity index (χ2v) is 12.3. The Morgan fingerprint density at radius 3 is 2.59 bits per heavy atom. The summed E-state index contributed by atoms with van der Waals surface area (Å²) in [6, 6.07) is 20.1. The first kappa shape index (κ1) is 26.9. The van der Waals surface area contributed by atoms with E-state index in [4.69, 9.17) is 20.9 Å². The highest BCUT2D eigenvalue weighted by molar-refractivity contribution is 7.89. The van der Waals surface area contributed by atoms with E-state index < -0.39 is 16.1 Å². The zero-order chi connectivity index (χ0) is 27.6. The summed E-state index contributed by atoms with van der Waals surface area (Å²) in [6.45, 7) is 0. The Morgan fingerprint density at radius 1 is 1.10 bits per heavy atom. The summed E-state index contributed by atoms with van der Waals surface area (Å²) in [6.07, 6.45) is 1.90. The molecule has 0 radical (unpaired) electrons. The van der Waals surface area contributed by atoms with Crippen LogP contribution in [-0.4, -0.2) is 44.4 Å². The first-order valence-electron chi connectivity index (χ1n) is 12.5. The molecule has 5 N–H and O–H groups in total. The van der Waals surface area contributed by atoms with Crippen molar-refractivity contribution in [3.63, 3.8) is 0 Å². The Balaban J connectivity index is 1.41. The first-order valence-corrected chi connectivity index (χ1v) is 14.8. The minimum atomic E-state index is -4.03. The largest absolute Gasteiger partial charge is 0.384 e. The molecule has 0 saturated heterocycles. The second kappa shape index (κ2) is 11.2. The maximum Gasteiger partial charge on any atom is 0.251 e. The maximum atomic E-state index is 13.6. The molecule has 1 atom stereocenters. The van der Waals surface area contributed by atoms with E-state index in [1.807, 2.05) is 30.3 Å². The minimum absolute atomic E-state index is 0.00928. The quantitative estimate of drug-likeness (QED) is 0.171. The van der Waals surface area contributed by atoms with Gasteiger partial charge in [-0.25, -0.2) is 18.1 Å². The predicted molar refractivity (Wildman–Crippen MR) is 152 cm³/mol. The van der Waals surface area contributed by atoms with E-state index in [-0.39, 0.29) is 34.3 Å². The normalized spacial score (nSPS) is 17.9. The number of benzene rings is 3. The van der Waals surface area contributed by atoms with Crippen molar-refractivity contribution in [3.8, 4) is 0 Å². The third kappa shape index (κ3) is 6.17. The van der Waals surface area contributed by atoms with Crippen LogP contribution in [0.15, 0.2) is 77.7 Å². The molecular formula is C28H29N5O4S2. The number of carbonyl (C=O) groups is 1. The van der Waals surface area contributed by atoms with Gasteiger partial charge in [-0.3, -0.25) is 10.2 Å². The van der Waals surface area contributed by atoms with E-state index in [0.717, 1.165) is 28.6 Å². The van der Waals surface area contributed by atoms with Crippen molar-refractivity contribution in [2.24, 2.45) is 5.73 Å². The number of nitrogen functional groups attached to an aromatic ring is 1. The number of hydrogen-bond acceptors (Lipinski definition) is 7. The van der Waals surface area contributed by atoms with Crippen LogP contribution >= 0.6 is 11.3 Å². The number of sulfonamides is 1. The summed E-state index contributed by atoms with van der Waals surface area (Å²) in [7, 11) is -2.39. The van der Waals surface area contributed by atoms with Gasteiger partial charge in [0.15, 0.2) is 0 Å². The van der Waals surface area contributed by atoms with E-state index in [1.54, 1.807) is 37.4 Å². The third-order valence-corrected chi connectivity index (χ3v) is 9.37. The highest BCUT2D eigenvalue weighted by Crippen LogP contribution is 2.30. The number of nitrogens with two attached hydrogens (primary N) is 1. The lowest BCUT2D eigenvalue weighted by Gasteiger charge is -2.34. The van der Waals surface area contributed by atoms with Crippen LogP contribution in [0.1, 0.15) is 45.4 Å². The molecule has 11 heteroatoms. The van der Waals surface area contributed by atoms with Crippen molar-refractivity contribution in [3.05, 3.63) is 94.5 Å². The Morgan fingerprint density at radius 2 is 1.85 bits per heavy atom. The van der Waals surface area contributed by atoms with Gasteiger partial charge in [0.2, 0.25) is 10.0 Å². The van der Waals surface area contributed by atoms with E-state index in [1.165, 1.54) is 23.5 Å². The molecule has 9 nitrogen and oxygen atoms in total. The van der Waals surface area contributed by atoms with Crippen molar-refractivity contribution in [2.75, 3.05) is 7.11 Å². The van der Waals surface area contributed by atoms with Gasteiger partial charge in [-0.05, 0) is 61.2 Å². The number of amidine groups is 1. The fourth-order valence-electron chi connectivity index (χ4n) is 4.52. The van der Waals surface area contributed by atoms with E-state index >= 15 is 0 Å². The van der Waals surface area contributed by atoms with Gasteiger partial charge in [0.25, 0.3) is 5.91 Å². The molecule has 1 aromatic heterocycles. The number of methoxy groups -OCH3 is 1. The predicted octanol–water partition coefficient (Wildman–Crippen LogP) is 3.75. The average Bonchev–Trinajstić information content (AvgIpc) is 3.34. The Bertz CT molecular complexity index is 1600. The van der Waals surface area contributed by atoms with Gasteiger partial charge >= 0.3 is 0 Å². The summed E-state index contributed by atoms with van der Waals surface area (Å²) in [4.78, 5) is 17.5. The average molecular weight is 564 g/mol. The van der Waals surface area contributed by atoms with Crippen LogP contribution in [-0.2, 0) is 21.2 Å². The van der Waals surface area contributed by atoms with Gasteiger partial charge in [0.05, 0.1) is 27.3 Å². The summed E-state index contributed by atoms with van der Waals surface area (Å²) in [5.41, 5.74) is 8.08. The van der Waals surface area contributed by atoms with Crippen molar-refractivity contribution >= 4 is 43.3 Å². The maximum absolute atomic E-state index is 13.6. The molecule has 1 aliphatic carbocycles. The number of nitrogens with zero attached hydrogens (tertiary/aromatic N) is 1. The molecule has 202 valence electrons. The number of hydrogen-bond donors (Lipinski definition) is 4. The monoisotopic (exact) mass is 563 g/mol. The van der Waals surface area contributed by atoms with Crippen LogP contribution in [0.2, 0.25) is 0 Å². The number of rotatable bonds is 10. The number of fused-ring (bicyclic) bond motifs is 1. The van der Waals surface area contributed by atoms with Gasteiger partial charge in [-0.15, -0.1) is 11.3 Å². The Labute approximate surface area is 231 Å². The highest BCUT2D eigenvalue weighted by atomic mass is 32.2. The van der Waals surface area contributed by atoms with Crippen LogP contribution in [0.4, 0.5) is 0 Å². The van der Waals surface area contributed by atoms with Gasteiger partial charge < -0.3 is 15.8 Å². The summed E-state index contributed by atoms with van der Waals surface area (Å²) < 4.78 is 36.2. The number of aromatic nitrogens is 1. The topological polar surface area (TPSA) is 147 Å². The number of nitrogens with one attached hydrogen (secondary N) is 3. The molecule has 0 bridgehead atoms. The van der Waals surface area contributed by atoms with Crippen molar-refractivity contribution < 1.29 is 17.9 Å². The zero-order valence-corrected chi connectivity index (χ0v) is 22.9. The molecule has 4 aromatic rings. The number of thiazole rings is 1. The molecular weight excluding hydrogens is 534 g/mol. The highest BCUT2D eigenvalue weighted by Gasteiger charge is 2.31. The van der Waals surface area contributed by atoms with E-state index in [9.17, 15) is 13.2 Å². The smallest absolute Gasteiger partial charge is 0.251 e. The fourth-order valence-corrected chi connectivity index (χ4v) is 6.86. The number of carbonyl (C=O) groups excluding carboxylic acids is 1. The van der Waals surface area contributed by atoms with Crippen LogP contribution in [0.3, 0.4) is 0 Å². The molecule has 0 spiro atoms. The molecule has 1 amide bonds. The lowest BCUT2D eigenvalue weighted by Crippen LogP contribution is -2.47. The van der Waals surface area contributed by atoms with Gasteiger partial charge in [-0.2, -0.15) is 0 Å². The molecule has 1 fully saturated rings. The van der Waals surface area contributed by atoms with Gasteiger partial charge in [-0.1, -0.05) is 36.4 Å². The zero-order valence-electron chi connectivity index (χ0n) is 21.3. The molecule has 3 aromatic carbocycles.